The van der Waals surface area contributed by atoms with Gasteiger partial charge in [-0.15, -0.1) is 11.3 Å². The molecule has 2 amide bonds. The fraction of sp³-hybridized carbons (Fsp3) is 0.185. The van der Waals surface area contributed by atoms with Crippen LogP contribution in [0, 0.1) is 0 Å². The van der Waals surface area contributed by atoms with Crippen molar-refractivity contribution in [3.8, 4) is 22.4 Å². The molecule has 2 aromatic heterocycles. The van der Waals surface area contributed by atoms with E-state index in [0.717, 1.165) is 30.5 Å². The summed E-state index contributed by atoms with van der Waals surface area (Å²) in [4.78, 5) is 35.0. The number of benzene rings is 2. The van der Waals surface area contributed by atoms with Crippen molar-refractivity contribution in [2.24, 2.45) is 0 Å². The Morgan fingerprint density at radius 1 is 1.05 bits per heavy atom. The molecule has 10 heteroatoms. The van der Waals surface area contributed by atoms with Crippen molar-refractivity contribution in [3.63, 3.8) is 0 Å². The zero-order valence-corrected chi connectivity index (χ0v) is 21.4. The lowest BCUT2D eigenvalue weighted by atomic mass is 10.1. The highest BCUT2D eigenvalue weighted by Crippen LogP contribution is 2.28. The summed E-state index contributed by atoms with van der Waals surface area (Å²) in [5.74, 6) is -0.491. The molecular formula is C27H25ClN6O2S. The van der Waals surface area contributed by atoms with E-state index in [2.05, 4.69) is 25.9 Å². The SMILES string of the molecule is Nc1ncc(-c2cccc(NC(=O)c3cc(-c4ccc(Cl)cc4)cs3)c2)nc1C(=O)N[C@H]1CCCNC1. The smallest absolute Gasteiger partial charge is 0.274 e. The summed E-state index contributed by atoms with van der Waals surface area (Å²) in [5.41, 5.74) is 9.79. The summed E-state index contributed by atoms with van der Waals surface area (Å²) in [6, 6.07) is 16.6. The molecule has 8 nitrogen and oxygen atoms in total. The Morgan fingerprint density at radius 3 is 2.68 bits per heavy atom. The minimum absolute atomic E-state index is 0.0297. The van der Waals surface area contributed by atoms with Crippen molar-refractivity contribution in [1.29, 1.82) is 0 Å². The van der Waals surface area contributed by atoms with E-state index in [1.165, 1.54) is 17.5 Å². The maximum Gasteiger partial charge on any atom is 0.274 e. The molecule has 4 aromatic rings. The standard InChI is InChI=1S/C27H25ClN6O2S/c28-19-8-6-16(7-9-19)18-12-23(37-15-18)26(35)32-20-4-1-3-17(11-20)22-14-31-25(29)24(34-22)27(36)33-21-5-2-10-30-13-21/h1,3-4,6-9,11-12,14-15,21,30H,2,5,10,13H2,(H2,29,31)(H,32,35)(H,33,36)/t21-/m0/s1. The molecule has 1 aliphatic rings. The third-order valence-electron chi connectivity index (χ3n) is 6.06. The van der Waals surface area contributed by atoms with Gasteiger partial charge in [-0.25, -0.2) is 9.97 Å². The van der Waals surface area contributed by atoms with Crippen LogP contribution >= 0.6 is 22.9 Å². The first-order valence-corrected chi connectivity index (χ1v) is 13.1. The number of nitrogens with one attached hydrogen (secondary N) is 3. The minimum atomic E-state index is -0.348. The number of aromatic nitrogens is 2. The number of hydrogen-bond donors (Lipinski definition) is 4. The second-order valence-electron chi connectivity index (χ2n) is 8.75. The van der Waals surface area contributed by atoms with Crippen LogP contribution in [0.5, 0.6) is 0 Å². The van der Waals surface area contributed by atoms with Gasteiger partial charge in [-0.2, -0.15) is 0 Å². The molecule has 0 aliphatic carbocycles. The molecule has 1 saturated heterocycles. The van der Waals surface area contributed by atoms with Crippen LogP contribution in [0.15, 0.2) is 66.2 Å². The van der Waals surface area contributed by atoms with Gasteiger partial charge >= 0.3 is 0 Å². The lowest BCUT2D eigenvalue weighted by Crippen LogP contribution is -2.46. The molecule has 2 aromatic carbocycles. The van der Waals surface area contributed by atoms with Gasteiger partial charge in [0, 0.05) is 28.9 Å². The van der Waals surface area contributed by atoms with E-state index in [9.17, 15) is 9.59 Å². The van der Waals surface area contributed by atoms with Gasteiger partial charge in [-0.1, -0.05) is 35.9 Å². The number of hydrogen-bond acceptors (Lipinski definition) is 7. The maximum absolute atomic E-state index is 12.9. The van der Waals surface area contributed by atoms with Crippen LogP contribution in [-0.4, -0.2) is 40.9 Å². The van der Waals surface area contributed by atoms with Crippen LogP contribution in [0.4, 0.5) is 11.5 Å². The van der Waals surface area contributed by atoms with Gasteiger partial charge < -0.3 is 21.7 Å². The van der Waals surface area contributed by atoms with Gasteiger partial charge in [0.05, 0.1) is 16.8 Å². The second kappa shape index (κ2) is 11.1. The Hall–Kier alpha value is -3.79. The molecular weight excluding hydrogens is 508 g/mol. The van der Waals surface area contributed by atoms with Gasteiger partial charge in [0.25, 0.3) is 11.8 Å². The number of anilines is 2. The molecule has 0 unspecified atom stereocenters. The highest BCUT2D eigenvalue weighted by molar-refractivity contribution is 7.12. The summed E-state index contributed by atoms with van der Waals surface area (Å²) >= 11 is 7.34. The topological polar surface area (TPSA) is 122 Å². The van der Waals surface area contributed by atoms with E-state index in [4.69, 9.17) is 17.3 Å². The first kappa shape index (κ1) is 24.9. The Balaban J connectivity index is 1.31. The molecule has 0 spiro atoms. The minimum Gasteiger partial charge on any atom is -0.382 e. The van der Waals surface area contributed by atoms with Crippen LogP contribution in [0.3, 0.4) is 0 Å². The Labute approximate surface area is 223 Å². The predicted molar refractivity (Wildman–Crippen MR) is 148 cm³/mol. The lowest BCUT2D eigenvalue weighted by Gasteiger charge is -2.23. The molecule has 1 aliphatic heterocycles. The summed E-state index contributed by atoms with van der Waals surface area (Å²) < 4.78 is 0. The zero-order chi connectivity index (χ0) is 25.8. The average Bonchev–Trinajstić information content (AvgIpc) is 3.41. The number of carbonyl (C=O) groups excluding carboxylic acids is 2. The number of rotatable bonds is 6. The molecule has 0 radical (unpaired) electrons. The van der Waals surface area contributed by atoms with Crippen LogP contribution < -0.4 is 21.7 Å². The molecule has 5 N–H and O–H groups in total. The normalized spacial score (nSPS) is 15.2. The molecule has 188 valence electrons. The van der Waals surface area contributed by atoms with Gasteiger partial charge in [0.1, 0.15) is 0 Å². The third-order valence-corrected chi connectivity index (χ3v) is 7.25. The molecule has 1 atom stereocenters. The van der Waals surface area contributed by atoms with Gasteiger partial charge in [-0.3, -0.25) is 9.59 Å². The number of nitrogen functional groups attached to an aromatic ring is 1. The number of nitrogens with zero attached hydrogens (tertiary/aromatic N) is 2. The van der Waals surface area contributed by atoms with E-state index < -0.39 is 0 Å². The van der Waals surface area contributed by atoms with Gasteiger partial charge in [0.15, 0.2) is 11.5 Å². The summed E-state index contributed by atoms with van der Waals surface area (Å²) in [6.45, 7) is 1.67. The molecule has 1 fully saturated rings. The van der Waals surface area contributed by atoms with Crippen LogP contribution in [0.25, 0.3) is 22.4 Å². The lowest BCUT2D eigenvalue weighted by molar-refractivity contribution is 0.0925. The van der Waals surface area contributed by atoms with E-state index in [-0.39, 0.29) is 29.4 Å². The van der Waals surface area contributed by atoms with E-state index in [0.29, 0.717) is 33.4 Å². The molecule has 0 bridgehead atoms. The molecule has 37 heavy (non-hydrogen) atoms. The van der Waals surface area contributed by atoms with Gasteiger partial charge in [-0.05, 0) is 66.2 Å². The highest BCUT2D eigenvalue weighted by Gasteiger charge is 2.20. The summed E-state index contributed by atoms with van der Waals surface area (Å²) in [7, 11) is 0. The van der Waals surface area contributed by atoms with Crippen molar-refractivity contribution >= 4 is 46.3 Å². The van der Waals surface area contributed by atoms with E-state index >= 15 is 0 Å². The largest absolute Gasteiger partial charge is 0.382 e. The Morgan fingerprint density at radius 2 is 1.89 bits per heavy atom. The third kappa shape index (κ3) is 5.96. The van der Waals surface area contributed by atoms with Crippen molar-refractivity contribution in [3.05, 3.63) is 81.8 Å². The van der Waals surface area contributed by atoms with Crippen molar-refractivity contribution in [2.45, 2.75) is 18.9 Å². The number of carbonyl (C=O) groups is 2. The first-order valence-electron chi connectivity index (χ1n) is 11.9. The predicted octanol–water partition coefficient (Wildman–Crippen LogP) is 4.84. The molecule has 5 rings (SSSR count). The number of nitrogens with two attached hydrogens (primary N) is 1. The fourth-order valence-corrected chi connectivity index (χ4v) is 5.07. The van der Waals surface area contributed by atoms with Crippen molar-refractivity contribution in [1.82, 2.24) is 20.6 Å². The monoisotopic (exact) mass is 532 g/mol. The highest BCUT2D eigenvalue weighted by atomic mass is 35.5. The average molecular weight is 533 g/mol. The number of thiophene rings is 1. The van der Waals surface area contributed by atoms with Crippen molar-refractivity contribution in [2.75, 3.05) is 24.1 Å². The number of piperidine rings is 1. The number of halogens is 1. The van der Waals surface area contributed by atoms with Gasteiger partial charge in [0.2, 0.25) is 0 Å². The van der Waals surface area contributed by atoms with Crippen LogP contribution in [0.2, 0.25) is 5.02 Å². The quantitative estimate of drug-likeness (QED) is 0.282. The summed E-state index contributed by atoms with van der Waals surface area (Å²) in [6.07, 6.45) is 3.42. The van der Waals surface area contributed by atoms with Crippen LogP contribution in [-0.2, 0) is 0 Å². The second-order valence-corrected chi connectivity index (χ2v) is 10.1. The maximum atomic E-state index is 12.9. The van der Waals surface area contributed by atoms with Crippen molar-refractivity contribution < 1.29 is 9.59 Å². The Bertz CT molecular complexity index is 1430. The van der Waals surface area contributed by atoms with E-state index in [1.54, 1.807) is 12.1 Å². The van der Waals surface area contributed by atoms with E-state index in [1.807, 2.05) is 47.8 Å². The molecule has 0 saturated carbocycles. The molecule has 3 heterocycles. The fourth-order valence-electron chi connectivity index (χ4n) is 4.13. The summed E-state index contributed by atoms with van der Waals surface area (Å²) in [5, 5.41) is 11.8. The zero-order valence-electron chi connectivity index (χ0n) is 19.8. The van der Waals surface area contributed by atoms with Crippen LogP contribution in [0.1, 0.15) is 33.0 Å². The Kier molecular flexibility index (Phi) is 7.45. The number of amides is 2. The first-order chi connectivity index (χ1) is 18.0.